The molecule has 90 valence electrons. The van der Waals surface area contributed by atoms with Gasteiger partial charge in [-0.05, 0) is 24.8 Å². The normalized spacial score (nSPS) is 11.1. The summed E-state index contributed by atoms with van der Waals surface area (Å²) in [6.07, 6.45) is 1.66. The van der Waals surface area contributed by atoms with Gasteiger partial charge in [0.15, 0.2) is 0 Å². The van der Waals surface area contributed by atoms with E-state index in [1.165, 1.54) is 5.69 Å². The second-order valence-electron chi connectivity index (χ2n) is 4.63. The molecule has 1 rings (SSSR count). The van der Waals surface area contributed by atoms with E-state index in [1.807, 2.05) is 18.7 Å². The molecule has 0 saturated heterocycles. The first-order valence-corrected chi connectivity index (χ1v) is 5.65. The Balaban J connectivity index is 2.84. The first kappa shape index (κ1) is 12.7. The van der Waals surface area contributed by atoms with E-state index in [2.05, 4.69) is 18.9 Å². The molecule has 16 heavy (non-hydrogen) atoms. The third kappa shape index (κ3) is 3.08. The molecule has 0 aliphatic carbocycles. The molecule has 0 amide bonds. The van der Waals surface area contributed by atoms with E-state index in [-0.39, 0.29) is 6.42 Å². The van der Waals surface area contributed by atoms with Crippen LogP contribution >= 0.6 is 0 Å². The van der Waals surface area contributed by atoms with Gasteiger partial charge in [0.1, 0.15) is 0 Å². The van der Waals surface area contributed by atoms with Crippen molar-refractivity contribution >= 4 is 5.97 Å². The molecule has 1 heterocycles. The van der Waals surface area contributed by atoms with Crippen LogP contribution in [0.4, 0.5) is 0 Å². The van der Waals surface area contributed by atoms with E-state index in [0.717, 1.165) is 17.7 Å². The van der Waals surface area contributed by atoms with Gasteiger partial charge in [0.2, 0.25) is 0 Å². The van der Waals surface area contributed by atoms with E-state index < -0.39 is 5.97 Å². The van der Waals surface area contributed by atoms with Crippen LogP contribution in [0, 0.1) is 12.8 Å². The van der Waals surface area contributed by atoms with E-state index >= 15 is 0 Å². The molecule has 0 fully saturated rings. The lowest BCUT2D eigenvalue weighted by atomic mass is 10.0. The molecule has 0 atom stereocenters. The highest BCUT2D eigenvalue weighted by Gasteiger charge is 2.13. The van der Waals surface area contributed by atoms with Gasteiger partial charge in [-0.2, -0.15) is 5.10 Å². The van der Waals surface area contributed by atoms with Crippen molar-refractivity contribution in [1.82, 2.24) is 9.78 Å². The van der Waals surface area contributed by atoms with Crippen molar-refractivity contribution in [3.63, 3.8) is 0 Å². The van der Waals surface area contributed by atoms with Gasteiger partial charge >= 0.3 is 5.97 Å². The molecule has 0 unspecified atom stereocenters. The maximum absolute atomic E-state index is 10.5. The molecule has 0 aromatic carbocycles. The zero-order chi connectivity index (χ0) is 12.3. The lowest BCUT2D eigenvalue weighted by molar-refractivity contribution is -0.136. The average molecular weight is 224 g/mol. The molecular weight excluding hydrogens is 204 g/mol. The maximum Gasteiger partial charge on any atom is 0.303 e. The summed E-state index contributed by atoms with van der Waals surface area (Å²) < 4.78 is 1.88. The minimum absolute atomic E-state index is 0.152. The van der Waals surface area contributed by atoms with Gasteiger partial charge in [0, 0.05) is 19.2 Å². The molecule has 0 spiro atoms. The standard InChI is InChI=1S/C12H20N2O2/c1-8(2)7-11-9(3)10(13-14(11)4)5-6-12(15)16/h8H,5-7H2,1-4H3,(H,15,16). The molecular formula is C12H20N2O2. The monoisotopic (exact) mass is 224 g/mol. The maximum atomic E-state index is 10.5. The Morgan fingerprint density at radius 2 is 2.12 bits per heavy atom. The summed E-state index contributed by atoms with van der Waals surface area (Å²) in [7, 11) is 1.93. The van der Waals surface area contributed by atoms with Gasteiger partial charge in [-0.15, -0.1) is 0 Å². The minimum atomic E-state index is -0.768. The largest absolute Gasteiger partial charge is 0.481 e. The number of carboxylic acid groups (broad SMARTS) is 1. The fourth-order valence-corrected chi connectivity index (χ4v) is 1.86. The van der Waals surface area contributed by atoms with Gasteiger partial charge in [-0.3, -0.25) is 9.48 Å². The second kappa shape index (κ2) is 5.14. The molecule has 1 aromatic rings. The fourth-order valence-electron chi connectivity index (χ4n) is 1.86. The highest BCUT2D eigenvalue weighted by atomic mass is 16.4. The third-order valence-electron chi connectivity index (χ3n) is 2.70. The van der Waals surface area contributed by atoms with Crippen LogP contribution in [0.3, 0.4) is 0 Å². The Labute approximate surface area is 96.3 Å². The smallest absolute Gasteiger partial charge is 0.303 e. The fraction of sp³-hybridized carbons (Fsp3) is 0.667. The Kier molecular flexibility index (Phi) is 4.10. The zero-order valence-corrected chi connectivity index (χ0v) is 10.4. The van der Waals surface area contributed by atoms with E-state index in [1.54, 1.807) is 0 Å². The van der Waals surface area contributed by atoms with Crippen LogP contribution in [-0.4, -0.2) is 20.9 Å². The summed E-state index contributed by atoms with van der Waals surface area (Å²) in [5.74, 6) is -0.183. The number of hydrogen-bond donors (Lipinski definition) is 1. The average Bonchev–Trinajstić information content (AvgIpc) is 2.42. The van der Waals surface area contributed by atoms with Crippen LogP contribution < -0.4 is 0 Å². The Hall–Kier alpha value is -1.32. The highest BCUT2D eigenvalue weighted by molar-refractivity contribution is 5.67. The topological polar surface area (TPSA) is 55.1 Å². The molecule has 4 nitrogen and oxygen atoms in total. The molecule has 1 aromatic heterocycles. The number of nitrogens with zero attached hydrogens (tertiary/aromatic N) is 2. The van der Waals surface area contributed by atoms with E-state index in [0.29, 0.717) is 12.3 Å². The first-order chi connectivity index (χ1) is 7.41. The third-order valence-corrected chi connectivity index (χ3v) is 2.70. The van der Waals surface area contributed by atoms with Gasteiger partial charge in [0.25, 0.3) is 0 Å². The number of carbonyl (C=O) groups is 1. The van der Waals surface area contributed by atoms with Crippen molar-refractivity contribution in [2.24, 2.45) is 13.0 Å². The lowest BCUT2D eigenvalue weighted by Gasteiger charge is -2.06. The van der Waals surface area contributed by atoms with E-state index in [4.69, 9.17) is 5.11 Å². The molecule has 0 aliphatic heterocycles. The van der Waals surface area contributed by atoms with Crippen molar-refractivity contribution in [3.8, 4) is 0 Å². The SMILES string of the molecule is Cc1c(CCC(=O)O)nn(C)c1CC(C)C. The summed E-state index contributed by atoms with van der Waals surface area (Å²) in [6, 6.07) is 0. The van der Waals surface area contributed by atoms with Crippen LogP contribution in [0.1, 0.15) is 37.2 Å². The number of aromatic nitrogens is 2. The number of hydrogen-bond acceptors (Lipinski definition) is 2. The van der Waals surface area contributed by atoms with Crippen molar-refractivity contribution in [1.29, 1.82) is 0 Å². The van der Waals surface area contributed by atoms with Gasteiger partial charge < -0.3 is 5.11 Å². The summed E-state index contributed by atoms with van der Waals surface area (Å²) in [4.78, 5) is 10.5. The minimum Gasteiger partial charge on any atom is -0.481 e. The van der Waals surface area contributed by atoms with Crippen LogP contribution in [-0.2, 0) is 24.7 Å². The van der Waals surface area contributed by atoms with Gasteiger partial charge in [-0.25, -0.2) is 0 Å². The molecule has 0 saturated carbocycles. The summed E-state index contributed by atoms with van der Waals surface area (Å²) in [5, 5.41) is 13.0. The number of aryl methyl sites for hydroxylation is 2. The number of rotatable bonds is 5. The quantitative estimate of drug-likeness (QED) is 0.831. The summed E-state index contributed by atoms with van der Waals surface area (Å²) in [6.45, 7) is 6.37. The zero-order valence-electron chi connectivity index (χ0n) is 10.4. The van der Waals surface area contributed by atoms with Crippen LogP contribution in [0.25, 0.3) is 0 Å². The molecule has 0 aliphatic rings. The number of carboxylic acids is 1. The second-order valence-corrected chi connectivity index (χ2v) is 4.63. The molecule has 4 heteroatoms. The molecule has 1 N–H and O–H groups in total. The summed E-state index contributed by atoms with van der Waals surface area (Å²) >= 11 is 0. The lowest BCUT2D eigenvalue weighted by Crippen LogP contribution is -2.03. The van der Waals surface area contributed by atoms with Crippen molar-refractivity contribution in [3.05, 3.63) is 17.0 Å². The molecule has 0 bridgehead atoms. The van der Waals surface area contributed by atoms with Gasteiger partial charge in [0.05, 0.1) is 12.1 Å². The predicted molar refractivity (Wildman–Crippen MR) is 62.4 cm³/mol. The Morgan fingerprint density at radius 3 is 2.62 bits per heavy atom. The summed E-state index contributed by atoms with van der Waals surface area (Å²) in [5.41, 5.74) is 3.29. The van der Waals surface area contributed by atoms with E-state index in [9.17, 15) is 4.79 Å². The predicted octanol–water partition coefficient (Wildman–Crippen LogP) is 1.94. The molecule has 0 radical (unpaired) electrons. The van der Waals surface area contributed by atoms with Crippen molar-refractivity contribution < 1.29 is 9.90 Å². The first-order valence-electron chi connectivity index (χ1n) is 5.65. The highest BCUT2D eigenvalue weighted by Crippen LogP contribution is 2.17. The Morgan fingerprint density at radius 1 is 1.50 bits per heavy atom. The van der Waals surface area contributed by atoms with Crippen LogP contribution in [0.2, 0.25) is 0 Å². The van der Waals surface area contributed by atoms with Crippen molar-refractivity contribution in [2.45, 2.75) is 40.0 Å². The van der Waals surface area contributed by atoms with Crippen LogP contribution in [0.5, 0.6) is 0 Å². The van der Waals surface area contributed by atoms with Gasteiger partial charge in [-0.1, -0.05) is 13.8 Å². The van der Waals surface area contributed by atoms with Crippen molar-refractivity contribution in [2.75, 3.05) is 0 Å². The Bertz CT molecular complexity index is 381. The number of aliphatic carboxylic acids is 1. The van der Waals surface area contributed by atoms with Crippen LogP contribution in [0.15, 0.2) is 0 Å².